The Balaban J connectivity index is 1.87. The van der Waals surface area contributed by atoms with Crippen LogP contribution in [-0.2, 0) is 9.53 Å². The average molecular weight is 304 g/mol. The quantitative estimate of drug-likeness (QED) is 0.397. The summed E-state index contributed by atoms with van der Waals surface area (Å²) in [5.41, 5.74) is 0. The van der Waals surface area contributed by atoms with Crippen molar-refractivity contribution in [1.82, 2.24) is 4.90 Å². The molecule has 0 radical (unpaired) electrons. The van der Waals surface area contributed by atoms with Crippen LogP contribution < -0.4 is 0 Å². The van der Waals surface area contributed by atoms with Crippen LogP contribution in [0.4, 0.5) is 0 Å². The van der Waals surface area contributed by atoms with Gasteiger partial charge in [-0.05, 0) is 6.42 Å². The van der Waals surface area contributed by atoms with Crippen molar-refractivity contribution in [1.29, 1.82) is 0 Å². The number of nitrogens with zero attached hydrogens (tertiary/aromatic N) is 1. The summed E-state index contributed by atoms with van der Waals surface area (Å²) < 4.78 is 5.31. The minimum atomic E-state index is -0.403. The Kier molecular flexibility index (Phi) is 10.1. The molecule has 1 unspecified atom stereocenters. The number of carbonyl (C=O) groups is 1. The van der Waals surface area contributed by atoms with Gasteiger partial charge in [0, 0.05) is 6.54 Å². The van der Waals surface area contributed by atoms with Gasteiger partial charge in [0.25, 0.3) is 5.91 Å². The zero-order valence-electron chi connectivity index (χ0n) is 12.9. The second kappa shape index (κ2) is 11.4. The fourth-order valence-corrected chi connectivity index (χ4v) is 2.81. The second-order valence-corrected chi connectivity index (χ2v) is 6.03. The maximum atomic E-state index is 11.7. The molecule has 1 amide bonds. The molecule has 1 rings (SSSR count). The number of alkyl halides is 1. The van der Waals surface area contributed by atoms with Gasteiger partial charge in [-0.25, -0.2) is 0 Å². The number of unbranched alkanes of at least 4 members (excludes halogenated alkanes) is 9. The largest absolute Gasteiger partial charge is 0.347 e. The van der Waals surface area contributed by atoms with E-state index in [1.807, 2.05) is 0 Å². The second-order valence-electron chi connectivity index (χ2n) is 5.72. The molecule has 118 valence electrons. The third kappa shape index (κ3) is 6.94. The van der Waals surface area contributed by atoms with Crippen molar-refractivity contribution in [2.24, 2.45) is 0 Å². The molecule has 4 heteroatoms. The van der Waals surface area contributed by atoms with Gasteiger partial charge in [0.15, 0.2) is 6.10 Å². The molecule has 1 atom stereocenters. The van der Waals surface area contributed by atoms with Crippen molar-refractivity contribution in [2.45, 2.75) is 77.2 Å². The van der Waals surface area contributed by atoms with Crippen molar-refractivity contribution in [3.05, 3.63) is 0 Å². The van der Waals surface area contributed by atoms with Crippen LogP contribution in [-0.4, -0.2) is 36.1 Å². The molecule has 20 heavy (non-hydrogen) atoms. The van der Waals surface area contributed by atoms with Gasteiger partial charge in [0.1, 0.15) is 6.73 Å². The van der Waals surface area contributed by atoms with E-state index in [0.717, 1.165) is 13.0 Å². The lowest BCUT2D eigenvalue weighted by Crippen LogP contribution is -2.31. The number of ether oxygens (including phenoxy) is 1. The van der Waals surface area contributed by atoms with Crippen LogP contribution in [0.1, 0.15) is 71.1 Å². The summed E-state index contributed by atoms with van der Waals surface area (Å²) in [5, 5.41) is 0. The molecule has 1 aliphatic heterocycles. The van der Waals surface area contributed by atoms with E-state index in [1.165, 1.54) is 57.8 Å². The Morgan fingerprint density at radius 2 is 1.60 bits per heavy atom. The van der Waals surface area contributed by atoms with Crippen LogP contribution in [0.3, 0.4) is 0 Å². The summed E-state index contributed by atoms with van der Waals surface area (Å²) in [7, 11) is 0. The van der Waals surface area contributed by atoms with E-state index in [-0.39, 0.29) is 11.8 Å². The molecule has 1 fully saturated rings. The first-order valence-corrected chi connectivity index (χ1v) is 8.79. The molecule has 1 heterocycles. The van der Waals surface area contributed by atoms with Gasteiger partial charge in [-0.1, -0.05) is 64.7 Å². The highest BCUT2D eigenvalue weighted by molar-refractivity contribution is 6.19. The van der Waals surface area contributed by atoms with Crippen LogP contribution in [0.15, 0.2) is 0 Å². The summed E-state index contributed by atoms with van der Waals surface area (Å²) in [6.45, 7) is 3.50. The lowest BCUT2D eigenvalue weighted by molar-refractivity contribution is -0.129. The highest BCUT2D eigenvalue weighted by Crippen LogP contribution is 2.14. The van der Waals surface area contributed by atoms with E-state index in [9.17, 15) is 4.79 Å². The fraction of sp³-hybridized carbons (Fsp3) is 0.938. The Labute approximate surface area is 129 Å². The zero-order chi connectivity index (χ0) is 14.6. The summed E-state index contributed by atoms with van der Waals surface area (Å²) in [4.78, 5) is 13.5. The minimum absolute atomic E-state index is 0.0657. The van der Waals surface area contributed by atoms with E-state index < -0.39 is 6.10 Å². The number of hydrogen-bond acceptors (Lipinski definition) is 2. The van der Waals surface area contributed by atoms with Crippen LogP contribution >= 0.6 is 11.6 Å². The first-order chi connectivity index (χ1) is 9.79. The first-order valence-electron chi connectivity index (χ1n) is 8.26. The van der Waals surface area contributed by atoms with Crippen LogP contribution in [0.25, 0.3) is 0 Å². The molecule has 1 aliphatic rings. The van der Waals surface area contributed by atoms with Gasteiger partial charge in [0.2, 0.25) is 0 Å². The van der Waals surface area contributed by atoms with Crippen molar-refractivity contribution < 1.29 is 9.53 Å². The third-order valence-electron chi connectivity index (χ3n) is 3.94. The number of carbonyl (C=O) groups excluding carboxylic acids is 1. The van der Waals surface area contributed by atoms with Crippen LogP contribution in [0, 0.1) is 0 Å². The van der Waals surface area contributed by atoms with Crippen molar-refractivity contribution in [3.8, 4) is 0 Å². The van der Waals surface area contributed by atoms with Gasteiger partial charge in [-0.2, -0.15) is 0 Å². The van der Waals surface area contributed by atoms with E-state index in [4.69, 9.17) is 16.3 Å². The molecule has 0 spiro atoms. The summed E-state index contributed by atoms with van der Waals surface area (Å²) in [6.07, 6.45) is 12.8. The van der Waals surface area contributed by atoms with Gasteiger partial charge in [-0.15, -0.1) is 11.6 Å². The smallest absolute Gasteiger partial charge is 0.254 e. The predicted molar refractivity (Wildman–Crippen MR) is 84.0 cm³/mol. The van der Waals surface area contributed by atoms with E-state index in [2.05, 4.69) is 6.92 Å². The SMILES string of the molecule is CCCCCCCCCCCCN1COC(CCl)C1=O. The van der Waals surface area contributed by atoms with Crippen LogP contribution in [0.5, 0.6) is 0 Å². The van der Waals surface area contributed by atoms with Crippen molar-refractivity contribution in [2.75, 3.05) is 19.2 Å². The highest BCUT2D eigenvalue weighted by atomic mass is 35.5. The summed E-state index contributed by atoms with van der Waals surface area (Å²) >= 11 is 5.66. The molecule has 0 aliphatic carbocycles. The third-order valence-corrected chi connectivity index (χ3v) is 4.22. The summed E-state index contributed by atoms with van der Waals surface area (Å²) in [6, 6.07) is 0. The van der Waals surface area contributed by atoms with Gasteiger partial charge >= 0.3 is 0 Å². The number of rotatable bonds is 12. The zero-order valence-corrected chi connectivity index (χ0v) is 13.7. The molecule has 0 N–H and O–H groups in total. The van der Waals surface area contributed by atoms with E-state index >= 15 is 0 Å². The molecule has 0 aromatic rings. The molecular formula is C16H30ClNO2. The van der Waals surface area contributed by atoms with Crippen molar-refractivity contribution in [3.63, 3.8) is 0 Å². The van der Waals surface area contributed by atoms with Gasteiger partial charge < -0.3 is 9.64 Å². The maximum absolute atomic E-state index is 11.7. The number of halogens is 1. The van der Waals surface area contributed by atoms with Crippen LogP contribution in [0.2, 0.25) is 0 Å². The molecule has 0 aromatic heterocycles. The standard InChI is InChI=1S/C16H30ClNO2/c1-2-3-4-5-6-7-8-9-10-11-12-18-14-20-15(13-17)16(18)19/h15H,2-14H2,1H3. The fourth-order valence-electron chi connectivity index (χ4n) is 2.59. The van der Waals surface area contributed by atoms with Gasteiger partial charge in [0.05, 0.1) is 5.88 Å². The Hall–Kier alpha value is -0.280. The van der Waals surface area contributed by atoms with Crippen molar-refractivity contribution >= 4 is 17.5 Å². The summed E-state index contributed by atoms with van der Waals surface area (Å²) in [5.74, 6) is 0.337. The minimum Gasteiger partial charge on any atom is -0.347 e. The molecule has 1 saturated heterocycles. The predicted octanol–water partition coefficient (Wildman–Crippen LogP) is 4.33. The number of amides is 1. The highest BCUT2D eigenvalue weighted by Gasteiger charge is 2.30. The Morgan fingerprint density at radius 1 is 1.05 bits per heavy atom. The molecule has 0 aromatic carbocycles. The lowest BCUT2D eigenvalue weighted by atomic mass is 10.1. The maximum Gasteiger partial charge on any atom is 0.254 e. The monoisotopic (exact) mass is 303 g/mol. The van der Waals surface area contributed by atoms with Gasteiger partial charge in [-0.3, -0.25) is 4.79 Å². The average Bonchev–Trinajstić information content (AvgIpc) is 2.81. The first kappa shape index (κ1) is 17.8. The topological polar surface area (TPSA) is 29.5 Å². The lowest BCUT2D eigenvalue weighted by Gasteiger charge is -2.13. The Morgan fingerprint density at radius 3 is 2.10 bits per heavy atom. The van der Waals surface area contributed by atoms with E-state index in [1.54, 1.807) is 4.90 Å². The molecule has 3 nitrogen and oxygen atoms in total. The normalized spacial score (nSPS) is 19.0. The molecule has 0 bridgehead atoms. The van der Waals surface area contributed by atoms with E-state index in [0.29, 0.717) is 6.73 Å². The molecular weight excluding hydrogens is 274 g/mol. The Bertz CT molecular complexity index is 261. The number of hydrogen-bond donors (Lipinski definition) is 0. The molecule has 0 saturated carbocycles.